The fourth-order valence-corrected chi connectivity index (χ4v) is 3.77. The Bertz CT molecular complexity index is 1110. The predicted molar refractivity (Wildman–Crippen MR) is 103 cm³/mol. The second kappa shape index (κ2) is 6.78. The highest BCUT2D eigenvalue weighted by Gasteiger charge is 2.29. The molecule has 2 heterocycles. The van der Waals surface area contributed by atoms with Crippen molar-refractivity contribution in [1.29, 1.82) is 5.26 Å². The Balaban J connectivity index is 2.09. The average molecular weight is 377 g/mol. The standard InChI is InChI=1S/C20H19N5O3/c1-26-15-7-5-11(18(27-2)19(15)28-3)16-10-4-6-14-13(9-23-25-14)17(10)24-20(22)12(16)8-21/h5,7,9H,4,6H2,1-3H3,(H2,22,24)(H,23,25). The van der Waals surface area contributed by atoms with Gasteiger partial charge in [-0.05, 0) is 30.5 Å². The number of fused-ring (bicyclic) bond motifs is 3. The molecule has 0 radical (unpaired) electrons. The van der Waals surface area contributed by atoms with Gasteiger partial charge in [0.2, 0.25) is 5.75 Å². The molecule has 2 aromatic heterocycles. The normalized spacial score (nSPS) is 11.9. The Hall–Kier alpha value is -3.73. The van der Waals surface area contributed by atoms with Crippen LogP contribution >= 0.6 is 0 Å². The van der Waals surface area contributed by atoms with Crippen molar-refractivity contribution in [1.82, 2.24) is 15.2 Å². The number of H-pyrrole nitrogens is 1. The predicted octanol–water partition coefficient (Wildman–Crippen LogP) is 2.72. The number of nitriles is 1. The Morgan fingerprint density at radius 3 is 2.54 bits per heavy atom. The quantitative estimate of drug-likeness (QED) is 0.717. The van der Waals surface area contributed by atoms with Crippen molar-refractivity contribution in [2.24, 2.45) is 0 Å². The summed E-state index contributed by atoms with van der Waals surface area (Å²) >= 11 is 0. The van der Waals surface area contributed by atoms with Crippen molar-refractivity contribution in [2.75, 3.05) is 27.1 Å². The van der Waals surface area contributed by atoms with Gasteiger partial charge in [0.1, 0.15) is 17.5 Å². The van der Waals surface area contributed by atoms with Crippen LogP contribution in [0.4, 0.5) is 5.82 Å². The van der Waals surface area contributed by atoms with Crippen molar-refractivity contribution in [3.63, 3.8) is 0 Å². The first-order chi connectivity index (χ1) is 13.6. The molecule has 0 atom stereocenters. The number of nitrogens with two attached hydrogens (primary N) is 1. The summed E-state index contributed by atoms with van der Waals surface area (Å²) in [5, 5.41) is 17.0. The molecule has 1 aromatic carbocycles. The van der Waals surface area contributed by atoms with Gasteiger partial charge in [0.25, 0.3) is 0 Å². The van der Waals surface area contributed by atoms with Gasteiger partial charge < -0.3 is 19.9 Å². The van der Waals surface area contributed by atoms with Crippen LogP contribution in [0, 0.1) is 11.3 Å². The zero-order valence-electron chi connectivity index (χ0n) is 15.8. The lowest BCUT2D eigenvalue weighted by Crippen LogP contribution is -2.11. The Morgan fingerprint density at radius 2 is 1.86 bits per heavy atom. The summed E-state index contributed by atoms with van der Waals surface area (Å²) in [5.41, 5.74) is 11.5. The number of methoxy groups -OCH3 is 3. The number of hydrogen-bond acceptors (Lipinski definition) is 7. The van der Waals surface area contributed by atoms with E-state index >= 15 is 0 Å². The van der Waals surface area contributed by atoms with E-state index in [-0.39, 0.29) is 5.82 Å². The largest absolute Gasteiger partial charge is 0.493 e. The van der Waals surface area contributed by atoms with Gasteiger partial charge in [-0.2, -0.15) is 10.4 Å². The fourth-order valence-electron chi connectivity index (χ4n) is 3.77. The van der Waals surface area contributed by atoms with Crippen molar-refractivity contribution >= 4 is 5.82 Å². The van der Waals surface area contributed by atoms with Gasteiger partial charge in [0.05, 0.1) is 33.2 Å². The number of rotatable bonds is 4. The number of nitrogen functional groups attached to an aromatic ring is 1. The molecule has 0 unspecified atom stereocenters. The maximum Gasteiger partial charge on any atom is 0.203 e. The summed E-state index contributed by atoms with van der Waals surface area (Å²) in [6.07, 6.45) is 3.20. The second-order valence-electron chi connectivity index (χ2n) is 6.33. The molecule has 0 spiro atoms. The summed E-state index contributed by atoms with van der Waals surface area (Å²) in [7, 11) is 4.66. The van der Waals surface area contributed by atoms with Crippen LogP contribution in [0.3, 0.4) is 0 Å². The second-order valence-corrected chi connectivity index (χ2v) is 6.33. The van der Waals surface area contributed by atoms with Crippen molar-refractivity contribution in [3.8, 4) is 45.7 Å². The van der Waals surface area contributed by atoms with Crippen LogP contribution in [0.25, 0.3) is 22.4 Å². The number of nitrogens with one attached hydrogen (secondary N) is 1. The van der Waals surface area contributed by atoms with E-state index in [2.05, 4.69) is 21.3 Å². The third-order valence-electron chi connectivity index (χ3n) is 5.01. The lowest BCUT2D eigenvalue weighted by atomic mass is 9.85. The number of anilines is 1. The van der Waals surface area contributed by atoms with E-state index in [9.17, 15) is 5.26 Å². The maximum absolute atomic E-state index is 9.82. The minimum Gasteiger partial charge on any atom is -0.493 e. The zero-order valence-corrected chi connectivity index (χ0v) is 15.8. The Morgan fingerprint density at radius 1 is 1.07 bits per heavy atom. The number of aryl methyl sites for hydroxylation is 1. The monoisotopic (exact) mass is 377 g/mol. The molecular formula is C20H19N5O3. The number of aromatic amines is 1. The highest BCUT2D eigenvalue weighted by Crippen LogP contribution is 2.48. The Labute approximate surface area is 161 Å². The summed E-state index contributed by atoms with van der Waals surface area (Å²) in [5.74, 6) is 1.64. The first-order valence-electron chi connectivity index (χ1n) is 8.68. The molecule has 142 valence electrons. The third kappa shape index (κ3) is 2.44. The van der Waals surface area contributed by atoms with Gasteiger partial charge >= 0.3 is 0 Å². The first-order valence-corrected chi connectivity index (χ1v) is 8.68. The highest BCUT2D eigenvalue weighted by molar-refractivity contribution is 5.89. The molecule has 0 bridgehead atoms. The van der Waals surface area contributed by atoms with Crippen LogP contribution in [-0.2, 0) is 12.8 Å². The topological polar surface area (TPSA) is 119 Å². The van der Waals surface area contributed by atoms with Crippen LogP contribution in [0.2, 0.25) is 0 Å². The summed E-state index contributed by atoms with van der Waals surface area (Å²) in [4.78, 5) is 4.51. The number of pyridine rings is 1. The molecule has 8 heteroatoms. The van der Waals surface area contributed by atoms with E-state index in [0.717, 1.165) is 28.9 Å². The van der Waals surface area contributed by atoms with Crippen LogP contribution in [0.15, 0.2) is 18.3 Å². The van der Waals surface area contributed by atoms with Crippen LogP contribution in [0.5, 0.6) is 17.2 Å². The molecule has 0 saturated heterocycles. The van der Waals surface area contributed by atoms with Gasteiger partial charge in [-0.25, -0.2) is 4.98 Å². The van der Waals surface area contributed by atoms with Gasteiger partial charge in [-0.15, -0.1) is 0 Å². The molecule has 0 amide bonds. The van der Waals surface area contributed by atoms with Crippen molar-refractivity contribution in [3.05, 3.63) is 35.2 Å². The maximum atomic E-state index is 9.82. The van der Waals surface area contributed by atoms with Crippen molar-refractivity contribution < 1.29 is 14.2 Å². The average Bonchev–Trinajstić information content (AvgIpc) is 3.20. The molecular weight excluding hydrogens is 358 g/mol. The summed E-state index contributed by atoms with van der Waals surface area (Å²) in [6, 6.07) is 5.84. The molecule has 4 rings (SSSR count). The molecule has 0 aliphatic heterocycles. The van der Waals surface area contributed by atoms with Crippen LogP contribution in [-0.4, -0.2) is 36.5 Å². The number of aromatic nitrogens is 3. The first kappa shape index (κ1) is 17.7. The molecule has 0 saturated carbocycles. The molecule has 8 nitrogen and oxygen atoms in total. The van der Waals surface area contributed by atoms with E-state index in [1.54, 1.807) is 33.6 Å². The van der Waals surface area contributed by atoms with Gasteiger partial charge in [0, 0.05) is 22.4 Å². The minimum absolute atomic E-state index is 0.169. The van der Waals surface area contributed by atoms with Gasteiger partial charge in [0.15, 0.2) is 11.5 Å². The fraction of sp³-hybridized carbons (Fsp3) is 0.250. The highest BCUT2D eigenvalue weighted by atomic mass is 16.5. The number of ether oxygens (including phenoxy) is 3. The van der Waals surface area contributed by atoms with Gasteiger partial charge in [-0.1, -0.05) is 0 Å². The Kier molecular flexibility index (Phi) is 4.28. The molecule has 28 heavy (non-hydrogen) atoms. The zero-order chi connectivity index (χ0) is 19.8. The van der Waals surface area contributed by atoms with E-state index in [1.807, 2.05) is 6.07 Å². The molecule has 0 fully saturated rings. The van der Waals surface area contributed by atoms with Gasteiger partial charge in [-0.3, -0.25) is 5.10 Å². The lowest BCUT2D eigenvalue weighted by molar-refractivity contribution is 0.325. The van der Waals surface area contributed by atoms with E-state index in [1.165, 1.54) is 0 Å². The van der Waals surface area contributed by atoms with E-state index in [4.69, 9.17) is 19.9 Å². The SMILES string of the molecule is COc1ccc(-c2c(C#N)c(N)nc3c2CCc2[nH]ncc2-3)c(OC)c1OC. The van der Waals surface area contributed by atoms with Crippen LogP contribution < -0.4 is 19.9 Å². The smallest absolute Gasteiger partial charge is 0.203 e. The summed E-state index contributed by atoms with van der Waals surface area (Å²) in [6.45, 7) is 0. The van der Waals surface area contributed by atoms with Crippen LogP contribution in [0.1, 0.15) is 16.8 Å². The molecule has 3 aromatic rings. The summed E-state index contributed by atoms with van der Waals surface area (Å²) < 4.78 is 16.6. The van der Waals surface area contributed by atoms with E-state index in [0.29, 0.717) is 40.4 Å². The van der Waals surface area contributed by atoms with Crippen molar-refractivity contribution in [2.45, 2.75) is 12.8 Å². The third-order valence-corrected chi connectivity index (χ3v) is 5.01. The number of benzene rings is 1. The number of nitrogens with zero attached hydrogens (tertiary/aromatic N) is 3. The minimum atomic E-state index is 0.169. The molecule has 3 N–H and O–H groups in total. The molecule has 1 aliphatic rings. The number of hydrogen-bond donors (Lipinski definition) is 2. The van der Waals surface area contributed by atoms with E-state index < -0.39 is 0 Å². The molecule has 1 aliphatic carbocycles. The lowest BCUT2D eigenvalue weighted by Gasteiger charge is -2.23.